The first kappa shape index (κ1) is 6.93. The van der Waals surface area contributed by atoms with Gasteiger partial charge in [0.1, 0.15) is 0 Å². The smallest absolute Gasteiger partial charge is 0.159 e. The number of nitrogens with zero attached hydrogens (tertiary/aromatic N) is 2. The molecule has 0 aliphatic carbocycles. The van der Waals surface area contributed by atoms with E-state index in [1.165, 1.54) is 5.17 Å². The van der Waals surface area contributed by atoms with Gasteiger partial charge < -0.3 is 4.90 Å². The summed E-state index contributed by atoms with van der Waals surface area (Å²) in [6, 6.07) is 0.521. The zero-order valence-electron chi connectivity index (χ0n) is 6.09. The highest BCUT2D eigenvalue weighted by molar-refractivity contribution is 8.14. The third-order valence-corrected chi connectivity index (χ3v) is 2.54. The van der Waals surface area contributed by atoms with Crippen LogP contribution >= 0.6 is 11.8 Å². The summed E-state index contributed by atoms with van der Waals surface area (Å²) >= 11 is 1.83. The number of amidine groups is 1. The van der Waals surface area contributed by atoms with Crippen LogP contribution in [-0.4, -0.2) is 36.0 Å². The highest BCUT2D eigenvalue weighted by Gasteiger charge is 2.14. The average molecular weight is 144 g/mol. The van der Waals surface area contributed by atoms with Crippen LogP contribution in [0.4, 0.5) is 0 Å². The van der Waals surface area contributed by atoms with E-state index in [0.29, 0.717) is 6.04 Å². The Morgan fingerprint density at radius 2 is 2.33 bits per heavy atom. The van der Waals surface area contributed by atoms with E-state index >= 15 is 0 Å². The molecule has 1 unspecified atom stereocenters. The van der Waals surface area contributed by atoms with E-state index in [1.807, 2.05) is 25.9 Å². The molecule has 1 rings (SSSR count). The molecular formula is C6H12N2S. The van der Waals surface area contributed by atoms with Gasteiger partial charge in [0.2, 0.25) is 0 Å². The third-order valence-electron chi connectivity index (χ3n) is 1.17. The maximum atomic E-state index is 4.39. The van der Waals surface area contributed by atoms with Crippen molar-refractivity contribution < 1.29 is 0 Å². The first-order valence-electron chi connectivity index (χ1n) is 3.08. The van der Waals surface area contributed by atoms with Crippen LogP contribution in [0.25, 0.3) is 0 Å². The predicted octanol–water partition coefficient (Wildman–Crippen LogP) is 1.04. The Bertz CT molecular complexity index is 131. The van der Waals surface area contributed by atoms with Crippen molar-refractivity contribution in [1.82, 2.24) is 4.90 Å². The van der Waals surface area contributed by atoms with E-state index in [9.17, 15) is 0 Å². The summed E-state index contributed by atoms with van der Waals surface area (Å²) in [7, 11) is 4.06. The third kappa shape index (κ3) is 1.61. The molecule has 0 saturated heterocycles. The second kappa shape index (κ2) is 2.60. The van der Waals surface area contributed by atoms with Crippen LogP contribution < -0.4 is 0 Å². The Labute approximate surface area is 60.3 Å². The normalized spacial score (nSPS) is 26.1. The van der Waals surface area contributed by atoms with Crippen molar-refractivity contribution in [1.29, 1.82) is 0 Å². The molecule has 1 aliphatic rings. The zero-order valence-corrected chi connectivity index (χ0v) is 6.90. The van der Waals surface area contributed by atoms with Crippen LogP contribution in [0.15, 0.2) is 4.99 Å². The number of thioether (sulfide) groups is 1. The molecule has 3 heteroatoms. The van der Waals surface area contributed by atoms with Crippen molar-refractivity contribution in [2.24, 2.45) is 4.99 Å². The monoisotopic (exact) mass is 144 g/mol. The topological polar surface area (TPSA) is 15.6 Å². The van der Waals surface area contributed by atoms with Crippen molar-refractivity contribution >= 4 is 16.9 Å². The maximum absolute atomic E-state index is 4.39. The van der Waals surface area contributed by atoms with E-state index in [-0.39, 0.29) is 0 Å². The predicted molar refractivity (Wildman–Crippen MR) is 43.0 cm³/mol. The molecule has 0 saturated carbocycles. The van der Waals surface area contributed by atoms with Crippen molar-refractivity contribution in [3.05, 3.63) is 0 Å². The van der Waals surface area contributed by atoms with Crippen molar-refractivity contribution in [2.75, 3.05) is 19.8 Å². The molecule has 1 atom stereocenters. The fraction of sp³-hybridized carbons (Fsp3) is 0.833. The molecule has 52 valence electrons. The first-order chi connectivity index (χ1) is 4.20. The van der Waals surface area contributed by atoms with Gasteiger partial charge >= 0.3 is 0 Å². The first-order valence-corrected chi connectivity index (χ1v) is 4.06. The van der Waals surface area contributed by atoms with E-state index in [4.69, 9.17) is 0 Å². The zero-order chi connectivity index (χ0) is 6.85. The molecule has 0 radical (unpaired) electrons. The Balaban J connectivity index is 2.52. The number of aliphatic imine (C=N–C) groups is 1. The molecule has 0 N–H and O–H groups in total. The Morgan fingerprint density at radius 1 is 1.67 bits per heavy atom. The van der Waals surface area contributed by atoms with Gasteiger partial charge in [0.15, 0.2) is 5.17 Å². The van der Waals surface area contributed by atoms with Gasteiger partial charge in [-0.25, -0.2) is 0 Å². The van der Waals surface area contributed by atoms with Gasteiger partial charge in [-0.3, -0.25) is 4.99 Å². The lowest BCUT2D eigenvalue weighted by atomic mass is 10.4. The fourth-order valence-corrected chi connectivity index (χ4v) is 1.68. The van der Waals surface area contributed by atoms with Gasteiger partial charge in [0.25, 0.3) is 0 Å². The summed E-state index contributed by atoms with van der Waals surface area (Å²) in [5.74, 6) is 1.15. The van der Waals surface area contributed by atoms with Crippen LogP contribution in [0.5, 0.6) is 0 Å². The molecule has 1 heterocycles. The number of hydrogen-bond acceptors (Lipinski definition) is 3. The molecule has 1 aliphatic heterocycles. The van der Waals surface area contributed by atoms with Crippen LogP contribution in [0.3, 0.4) is 0 Å². The standard InChI is InChI=1S/C6H12N2S/c1-5-4-9-6(7-5)8(2)3/h5H,4H2,1-3H3. The minimum atomic E-state index is 0.521. The lowest BCUT2D eigenvalue weighted by Gasteiger charge is -2.08. The number of rotatable bonds is 0. The Kier molecular flexibility index (Phi) is 2.01. The highest BCUT2D eigenvalue weighted by atomic mass is 32.2. The molecular weight excluding hydrogens is 132 g/mol. The number of hydrogen-bond donors (Lipinski definition) is 0. The molecule has 0 aromatic carbocycles. The van der Waals surface area contributed by atoms with Gasteiger partial charge in [-0.15, -0.1) is 0 Å². The fourth-order valence-electron chi connectivity index (χ4n) is 0.703. The molecule has 0 fully saturated rings. The minimum Gasteiger partial charge on any atom is -0.358 e. The van der Waals surface area contributed by atoms with E-state index in [0.717, 1.165) is 5.75 Å². The summed E-state index contributed by atoms with van der Waals surface area (Å²) < 4.78 is 0. The van der Waals surface area contributed by atoms with Crippen molar-refractivity contribution in [2.45, 2.75) is 13.0 Å². The molecule has 0 spiro atoms. The molecule has 0 aromatic rings. The SMILES string of the molecule is CC1CSC(N(C)C)=N1. The summed E-state index contributed by atoms with van der Waals surface area (Å²) in [4.78, 5) is 6.46. The second-order valence-corrected chi connectivity index (χ2v) is 3.45. The Hall–Kier alpha value is -0.180. The summed E-state index contributed by atoms with van der Waals surface area (Å²) in [5, 5.41) is 1.17. The minimum absolute atomic E-state index is 0.521. The lowest BCUT2D eigenvalue weighted by Crippen LogP contribution is -2.16. The second-order valence-electron chi connectivity index (χ2n) is 2.47. The van der Waals surface area contributed by atoms with Crippen LogP contribution in [0.2, 0.25) is 0 Å². The molecule has 0 amide bonds. The van der Waals surface area contributed by atoms with Gasteiger partial charge in [-0.2, -0.15) is 0 Å². The molecule has 2 nitrogen and oxygen atoms in total. The largest absolute Gasteiger partial charge is 0.358 e. The molecule has 0 bridgehead atoms. The average Bonchev–Trinajstić information content (AvgIpc) is 2.14. The Morgan fingerprint density at radius 3 is 2.56 bits per heavy atom. The summed E-state index contributed by atoms with van der Waals surface area (Å²) in [5.41, 5.74) is 0. The maximum Gasteiger partial charge on any atom is 0.159 e. The molecule has 0 aromatic heterocycles. The van der Waals surface area contributed by atoms with E-state index < -0.39 is 0 Å². The van der Waals surface area contributed by atoms with Crippen LogP contribution in [0, 0.1) is 0 Å². The van der Waals surface area contributed by atoms with Crippen molar-refractivity contribution in [3.63, 3.8) is 0 Å². The van der Waals surface area contributed by atoms with Crippen molar-refractivity contribution in [3.8, 4) is 0 Å². The van der Waals surface area contributed by atoms with E-state index in [2.05, 4.69) is 16.8 Å². The summed E-state index contributed by atoms with van der Waals surface area (Å²) in [6.07, 6.45) is 0. The van der Waals surface area contributed by atoms with Gasteiger partial charge in [-0.05, 0) is 6.92 Å². The quantitative estimate of drug-likeness (QED) is 0.505. The van der Waals surface area contributed by atoms with Crippen LogP contribution in [0.1, 0.15) is 6.92 Å². The lowest BCUT2D eigenvalue weighted by molar-refractivity contribution is 0.630. The van der Waals surface area contributed by atoms with Gasteiger partial charge in [0, 0.05) is 19.8 Å². The van der Waals surface area contributed by atoms with E-state index in [1.54, 1.807) is 0 Å². The molecule has 9 heavy (non-hydrogen) atoms. The highest BCUT2D eigenvalue weighted by Crippen LogP contribution is 2.18. The van der Waals surface area contributed by atoms with Gasteiger partial charge in [-0.1, -0.05) is 11.8 Å². The summed E-state index contributed by atoms with van der Waals surface area (Å²) in [6.45, 7) is 2.14. The van der Waals surface area contributed by atoms with Gasteiger partial charge in [0.05, 0.1) is 6.04 Å². The van der Waals surface area contributed by atoms with Crippen LogP contribution in [-0.2, 0) is 0 Å².